The Labute approximate surface area is 195 Å². The molecule has 31 heavy (non-hydrogen) atoms. The Morgan fingerprint density at radius 2 is 1.97 bits per heavy atom. The number of hydrogen-bond acceptors (Lipinski definition) is 7. The summed E-state index contributed by atoms with van der Waals surface area (Å²) in [6, 6.07) is 9.90. The minimum absolute atomic E-state index is 0.0839. The second kappa shape index (κ2) is 10.5. The van der Waals surface area contributed by atoms with E-state index in [0.29, 0.717) is 22.2 Å². The Morgan fingerprint density at radius 3 is 2.68 bits per heavy atom. The van der Waals surface area contributed by atoms with Gasteiger partial charge in [0, 0.05) is 68.9 Å². The summed E-state index contributed by atoms with van der Waals surface area (Å²) < 4.78 is 0.528. The fraction of sp³-hybridized carbons (Fsp3) is 0.364. The summed E-state index contributed by atoms with van der Waals surface area (Å²) in [7, 11) is 0. The SMILES string of the molecule is O=C(CCN1C(=O)/C(=C\c2cccs2)SC1=S)N1CCN(CCc2ccccn2)CC1. The molecule has 2 aromatic rings. The van der Waals surface area contributed by atoms with E-state index in [1.165, 1.54) is 11.8 Å². The van der Waals surface area contributed by atoms with Crippen molar-refractivity contribution < 1.29 is 9.59 Å². The van der Waals surface area contributed by atoms with E-state index in [-0.39, 0.29) is 11.8 Å². The Morgan fingerprint density at radius 1 is 1.13 bits per heavy atom. The Balaban J connectivity index is 1.21. The van der Waals surface area contributed by atoms with Crippen molar-refractivity contribution in [3.05, 3.63) is 57.4 Å². The first-order valence-corrected chi connectivity index (χ1v) is 12.4. The first-order valence-electron chi connectivity index (χ1n) is 10.3. The summed E-state index contributed by atoms with van der Waals surface area (Å²) >= 11 is 8.27. The van der Waals surface area contributed by atoms with Gasteiger partial charge in [-0.25, -0.2) is 0 Å². The molecule has 0 saturated carbocycles. The van der Waals surface area contributed by atoms with E-state index in [1.54, 1.807) is 16.2 Å². The molecule has 0 atom stereocenters. The van der Waals surface area contributed by atoms with Crippen molar-refractivity contribution in [3.8, 4) is 0 Å². The number of carbonyl (C=O) groups excluding carboxylic acids is 2. The number of thiocarbonyl (C=S) groups is 1. The van der Waals surface area contributed by atoms with Gasteiger partial charge >= 0.3 is 0 Å². The van der Waals surface area contributed by atoms with Gasteiger partial charge in [0.25, 0.3) is 5.91 Å². The van der Waals surface area contributed by atoms with Gasteiger partial charge in [0.1, 0.15) is 4.32 Å². The highest BCUT2D eigenvalue weighted by atomic mass is 32.2. The van der Waals surface area contributed by atoms with Gasteiger partial charge in [-0.3, -0.25) is 24.4 Å². The Hall–Kier alpha value is -2.07. The van der Waals surface area contributed by atoms with Crippen molar-refractivity contribution in [3.63, 3.8) is 0 Å². The highest BCUT2D eigenvalue weighted by molar-refractivity contribution is 8.26. The fourth-order valence-corrected chi connectivity index (χ4v) is 5.63. The summed E-state index contributed by atoms with van der Waals surface area (Å²) in [6.45, 7) is 4.46. The quantitative estimate of drug-likeness (QED) is 0.456. The third-order valence-corrected chi connectivity index (χ3v) is 7.57. The van der Waals surface area contributed by atoms with E-state index in [0.717, 1.165) is 49.7 Å². The minimum atomic E-state index is -0.101. The highest BCUT2D eigenvalue weighted by Crippen LogP contribution is 2.33. The number of amides is 2. The van der Waals surface area contributed by atoms with Crippen LogP contribution in [0.25, 0.3) is 6.08 Å². The van der Waals surface area contributed by atoms with Gasteiger partial charge in [-0.15, -0.1) is 11.3 Å². The first-order chi connectivity index (χ1) is 15.1. The summed E-state index contributed by atoms with van der Waals surface area (Å²) in [5, 5.41) is 1.98. The molecule has 6 nitrogen and oxygen atoms in total. The van der Waals surface area contributed by atoms with Crippen LogP contribution in [0.2, 0.25) is 0 Å². The molecule has 2 aromatic heterocycles. The number of pyridine rings is 1. The normalized spacial score (nSPS) is 18.9. The van der Waals surface area contributed by atoms with Crippen LogP contribution in [-0.2, 0) is 16.0 Å². The van der Waals surface area contributed by atoms with Crippen molar-refractivity contribution in [1.82, 2.24) is 19.7 Å². The number of thioether (sulfide) groups is 1. The number of thiophene rings is 1. The lowest BCUT2D eigenvalue weighted by Gasteiger charge is -2.35. The van der Waals surface area contributed by atoms with E-state index in [9.17, 15) is 9.59 Å². The average molecular weight is 473 g/mol. The second-order valence-electron chi connectivity index (χ2n) is 7.39. The molecule has 2 saturated heterocycles. The van der Waals surface area contributed by atoms with Crippen LogP contribution in [0.3, 0.4) is 0 Å². The molecule has 0 bridgehead atoms. The van der Waals surface area contributed by atoms with Gasteiger partial charge in [-0.05, 0) is 29.7 Å². The molecule has 4 heterocycles. The van der Waals surface area contributed by atoms with E-state index < -0.39 is 0 Å². The Kier molecular flexibility index (Phi) is 7.49. The van der Waals surface area contributed by atoms with E-state index in [2.05, 4.69) is 9.88 Å². The molecule has 4 rings (SSSR count). The summed E-state index contributed by atoms with van der Waals surface area (Å²) in [5.41, 5.74) is 1.10. The first kappa shape index (κ1) is 22.1. The van der Waals surface area contributed by atoms with Gasteiger partial charge < -0.3 is 4.90 Å². The molecule has 2 aliphatic rings. The van der Waals surface area contributed by atoms with Crippen molar-refractivity contribution in [2.45, 2.75) is 12.8 Å². The molecule has 2 amide bonds. The van der Waals surface area contributed by atoms with E-state index in [4.69, 9.17) is 12.2 Å². The van der Waals surface area contributed by atoms with Crippen LogP contribution in [-0.4, -0.2) is 75.1 Å². The van der Waals surface area contributed by atoms with Crippen molar-refractivity contribution in [2.24, 2.45) is 0 Å². The number of rotatable bonds is 7. The number of piperazine rings is 1. The maximum atomic E-state index is 12.7. The highest BCUT2D eigenvalue weighted by Gasteiger charge is 2.32. The maximum Gasteiger partial charge on any atom is 0.266 e. The lowest BCUT2D eigenvalue weighted by molar-refractivity contribution is -0.133. The van der Waals surface area contributed by atoms with Gasteiger partial charge in [-0.1, -0.05) is 36.1 Å². The van der Waals surface area contributed by atoms with Crippen LogP contribution in [0.4, 0.5) is 0 Å². The summed E-state index contributed by atoms with van der Waals surface area (Å²) in [5.74, 6) is -0.0174. The monoisotopic (exact) mass is 472 g/mol. The molecule has 0 N–H and O–H groups in total. The van der Waals surface area contributed by atoms with Crippen LogP contribution >= 0.6 is 35.3 Å². The zero-order chi connectivity index (χ0) is 21.6. The molecule has 0 aromatic carbocycles. The fourth-order valence-electron chi connectivity index (χ4n) is 3.60. The molecule has 9 heteroatoms. The standard InChI is InChI=1S/C22H24N4O2S3/c27-20(25-13-11-24(12-14-25)9-6-17-4-1-2-8-23-17)7-10-26-21(28)19(31-22(26)29)16-18-5-3-15-30-18/h1-5,8,15-16H,6-7,9-14H2/b19-16+. The molecular formula is C22H24N4O2S3. The molecule has 0 spiro atoms. The van der Waals surface area contributed by atoms with E-state index >= 15 is 0 Å². The zero-order valence-electron chi connectivity index (χ0n) is 17.1. The van der Waals surface area contributed by atoms with Gasteiger partial charge in [0.2, 0.25) is 5.91 Å². The van der Waals surface area contributed by atoms with E-state index in [1.807, 2.05) is 52.9 Å². The molecule has 0 unspecified atom stereocenters. The summed E-state index contributed by atoms with van der Waals surface area (Å²) in [4.78, 5) is 37.2. The van der Waals surface area contributed by atoms with Crippen LogP contribution < -0.4 is 0 Å². The Bertz CT molecular complexity index is 954. The molecule has 2 aliphatic heterocycles. The maximum absolute atomic E-state index is 12.7. The molecular weight excluding hydrogens is 448 g/mol. The van der Waals surface area contributed by atoms with Crippen LogP contribution in [0.15, 0.2) is 46.8 Å². The van der Waals surface area contributed by atoms with Gasteiger partial charge in [-0.2, -0.15) is 0 Å². The third kappa shape index (κ3) is 5.79. The number of aromatic nitrogens is 1. The molecule has 2 fully saturated rings. The lowest BCUT2D eigenvalue weighted by atomic mass is 10.2. The number of hydrogen-bond donors (Lipinski definition) is 0. The largest absolute Gasteiger partial charge is 0.340 e. The number of nitrogens with zero attached hydrogens (tertiary/aromatic N) is 4. The van der Waals surface area contributed by atoms with Crippen LogP contribution in [0, 0.1) is 0 Å². The summed E-state index contributed by atoms with van der Waals surface area (Å²) in [6.07, 6.45) is 4.91. The number of carbonyl (C=O) groups is 2. The lowest BCUT2D eigenvalue weighted by Crippen LogP contribution is -2.49. The third-order valence-electron chi connectivity index (χ3n) is 5.37. The molecule has 0 radical (unpaired) electrons. The zero-order valence-corrected chi connectivity index (χ0v) is 19.6. The predicted octanol–water partition coefficient (Wildman–Crippen LogP) is 3.12. The van der Waals surface area contributed by atoms with Crippen molar-refractivity contribution >= 4 is 57.5 Å². The van der Waals surface area contributed by atoms with Crippen molar-refractivity contribution in [1.29, 1.82) is 0 Å². The van der Waals surface area contributed by atoms with Crippen molar-refractivity contribution in [2.75, 3.05) is 39.3 Å². The second-order valence-corrected chi connectivity index (χ2v) is 10.0. The van der Waals surface area contributed by atoms with Crippen LogP contribution in [0.1, 0.15) is 17.0 Å². The smallest absolute Gasteiger partial charge is 0.266 e. The van der Waals surface area contributed by atoms with Crippen LogP contribution in [0.5, 0.6) is 0 Å². The predicted molar refractivity (Wildman–Crippen MR) is 130 cm³/mol. The van der Waals surface area contributed by atoms with Gasteiger partial charge in [0.15, 0.2) is 0 Å². The molecule has 162 valence electrons. The average Bonchev–Trinajstić information content (AvgIpc) is 3.40. The topological polar surface area (TPSA) is 56.8 Å². The molecule has 0 aliphatic carbocycles. The minimum Gasteiger partial charge on any atom is -0.340 e. The van der Waals surface area contributed by atoms with Gasteiger partial charge in [0.05, 0.1) is 4.91 Å².